The maximum Gasteiger partial charge on any atom is 0.322 e. The molecule has 1 heterocycles. The molecule has 1 aliphatic carbocycles. The number of amides is 2. The predicted molar refractivity (Wildman–Crippen MR) is 74.1 cm³/mol. The number of hydrogen-bond donors (Lipinski definition) is 1. The fourth-order valence-electron chi connectivity index (χ4n) is 2.51. The zero-order chi connectivity index (χ0) is 13.1. The van der Waals surface area contributed by atoms with Gasteiger partial charge < -0.3 is 15.0 Å². The number of urea groups is 1. The molecule has 2 aliphatic rings. The van der Waals surface area contributed by atoms with Crippen LogP contribution in [0.2, 0.25) is 0 Å². The van der Waals surface area contributed by atoms with Crippen LogP contribution in [0.3, 0.4) is 0 Å². The first-order valence-corrected chi connectivity index (χ1v) is 7.03. The lowest BCUT2D eigenvalue weighted by atomic mass is 10.1. The van der Waals surface area contributed by atoms with Gasteiger partial charge in [-0.2, -0.15) is 0 Å². The van der Waals surface area contributed by atoms with Gasteiger partial charge in [0, 0.05) is 30.8 Å². The second-order valence-electron chi connectivity index (χ2n) is 5.41. The van der Waals surface area contributed by atoms with Crippen LogP contribution in [-0.4, -0.2) is 36.7 Å². The molecular formula is C15H20N2O2. The summed E-state index contributed by atoms with van der Waals surface area (Å²) in [7, 11) is 0. The largest absolute Gasteiger partial charge is 0.381 e. The first kappa shape index (κ1) is 12.5. The summed E-state index contributed by atoms with van der Waals surface area (Å²) in [5, 5.41) is 2.98. The molecule has 4 heteroatoms. The summed E-state index contributed by atoms with van der Waals surface area (Å²) < 4.78 is 5.40. The lowest BCUT2D eigenvalue weighted by Crippen LogP contribution is -2.40. The number of carbonyl (C=O) groups is 1. The molecule has 1 saturated carbocycles. The van der Waals surface area contributed by atoms with Crippen molar-refractivity contribution in [3.05, 3.63) is 30.3 Å². The fraction of sp³-hybridized carbons (Fsp3) is 0.533. The van der Waals surface area contributed by atoms with Crippen LogP contribution in [0, 0.1) is 5.92 Å². The zero-order valence-electron chi connectivity index (χ0n) is 11.0. The van der Waals surface area contributed by atoms with E-state index >= 15 is 0 Å². The first-order chi connectivity index (χ1) is 9.33. The van der Waals surface area contributed by atoms with Gasteiger partial charge in [0.2, 0.25) is 0 Å². The highest BCUT2D eigenvalue weighted by Gasteiger charge is 2.34. The molecule has 1 aliphatic heterocycles. The van der Waals surface area contributed by atoms with E-state index in [4.69, 9.17) is 4.74 Å². The number of benzene rings is 1. The van der Waals surface area contributed by atoms with Crippen LogP contribution in [0.25, 0.3) is 0 Å². The van der Waals surface area contributed by atoms with E-state index in [1.165, 1.54) is 0 Å². The van der Waals surface area contributed by atoms with E-state index in [9.17, 15) is 4.79 Å². The summed E-state index contributed by atoms with van der Waals surface area (Å²) >= 11 is 0. The van der Waals surface area contributed by atoms with Crippen molar-refractivity contribution in [2.75, 3.05) is 25.1 Å². The lowest BCUT2D eigenvalue weighted by molar-refractivity contribution is 0.167. The Bertz CT molecular complexity index is 425. The number of anilines is 1. The molecule has 102 valence electrons. The molecular weight excluding hydrogens is 240 g/mol. The molecule has 4 nitrogen and oxygen atoms in total. The van der Waals surface area contributed by atoms with Gasteiger partial charge in [0.15, 0.2) is 0 Å². The summed E-state index contributed by atoms with van der Waals surface area (Å²) in [6.07, 6.45) is 3.34. The molecule has 3 rings (SSSR count). The number of carbonyl (C=O) groups excluding carboxylic acids is 1. The molecule has 1 aromatic carbocycles. The maximum atomic E-state index is 12.4. The van der Waals surface area contributed by atoms with Gasteiger partial charge in [-0.05, 0) is 31.4 Å². The van der Waals surface area contributed by atoms with E-state index in [2.05, 4.69) is 5.32 Å². The highest BCUT2D eigenvalue weighted by molar-refractivity contribution is 5.89. The summed E-state index contributed by atoms with van der Waals surface area (Å²) in [4.78, 5) is 14.3. The second-order valence-corrected chi connectivity index (χ2v) is 5.41. The van der Waals surface area contributed by atoms with Crippen molar-refractivity contribution >= 4 is 11.7 Å². The van der Waals surface area contributed by atoms with E-state index in [1.54, 1.807) is 0 Å². The number of ether oxygens (including phenoxy) is 1. The summed E-state index contributed by atoms with van der Waals surface area (Å²) in [6, 6.07) is 10.1. The molecule has 2 fully saturated rings. The topological polar surface area (TPSA) is 41.6 Å². The third kappa shape index (κ3) is 3.26. The van der Waals surface area contributed by atoms with Gasteiger partial charge in [0.05, 0.1) is 6.61 Å². The number of hydrogen-bond acceptors (Lipinski definition) is 2. The Balaban J connectivity index is 1.61. The molecule has 1 unspecified atom stereocenters. The summed E-state index contributed by atoms with van der Waals surface area (Å²) in [6.45, 7) is 2.45. The van der Waals surface area contributed by atoms with Gasteiger partial charge in [-0.1, -0.05) is 18.2 Å². The number of nitrogens with one attached hydrogen (secondary N) is 1. The van der Waals surface area contributed by atoms with E-state index in [0.717, 1.165) is 44.7 Å². The smallest absolute Gasteiger partial charge is 0.322 e. The van der Waals surface area contributed by atoms with E-state index in [0.29, 0.717) is 12.0 Å². The quantitative estimate of drug-likeness (QED) is 0.904. The average Bonchev–Trinajstić information content (AvgIpc) is 3.14. The van der Waals surface area contributed by atoms with Crippen molar-refractivity contribution in [1.82, 2.24) is 4.90 Å². The Labute approximate surface area is 113 Å². The Kier molecular flexibility index (Phi) is 3.69. The van der Waals surface area contributed by atoms with Gasteiger partial charge in [-0.3, -0.25) is 0 Å². The minimum Gasteiger partial charge on any atom is -0.381 e. The standard InChI is InChI=1S/C15H20N2O2/c18-15(16-13-4-2-1-3-5-13)17(14-6-7-14)10-12-8-9-19-11-12/h1-5,12,14H,6-11H2,(H,16,18). The van der Waals surface area contributed by atoms with Gasteiger partial charge in [-0.15, -0.1) is 0 Å². The van der Waals surface area contributed by atoms with Crippen LogP contribution in [-0.2, 0) is 4.74 Å². The molecule has 2 amide bonds. The van der Waals surface area contributed by atoms with Gasteiger partial charge in [-0.25, -0.2) is 4.79 Å². The summed E-state index contributed by atoms with van der Waals surface area (Å²) in [5.74, 6) is 0.502. The van der Waals surface area contributed by atoms with Crippen LogP contribution in [0.15, 0.2) is 30.3 Å². The lowest BCUT2D eigenvalue weighted by Gasteiger charge is -2.25. The number of nitrogens with zero attached hydrogens (tertiary/aromatic N) is 1. The SMILES string of the molecule is O=C(Nc1ccccc1)N(CC1CCOC1)C1CC1. The van der Waals surface area contributed by atoms with Crippen molar-refractivity contribution in [3.63, 3.8) is 0 Å². The van der Waals surface area contributed by atoms with E-state index in [1.807, 2.05) is 35.2 Å². The normalized spacial score (nSPS) is 22.2. The third-order valence-electron chi connectivity index (χ3n) is 3.75. The van der Waals surface area contributed by atoms with Crippen LogP contribution in [0.5, 0.6) is 0 Å². The Morgan fingerprint density at radius 1 is 1.26 bits per heavy atom. The monoisotopic (exact) mass is 260 g/mol. The average molecular weight is 260 g/mol. The number of rotatable bonds is 4. The zero-order valence-corrected chi connectivity index (χ0v) is 11.0. The van der Waals surface area contributed by atoms with Crippen molar-refractivity contribution in [2.24, 2.45) is 5.92 Å². The molecule has 1 saturated heterocycles. The molecule has 0 radical (unpaired) electrons. The van der Waals surface area contributed by atoms with Gasteiger partial charge in [0.1, 0.15) is 0 Å². The Morgan fingerprint density at radius 3 is 2.68 bits per heavy atom. The van der Waals surface area contributed by atoms with E-state index < -0.39 is 0 Å². The van der Waals surface area contributed by atoms with Crippen molar-refractivity contribution < 1.29 is 9.53 Å². The molecule has 1 aromatic rings. The fourth-order valence-corrected chi connectivity index (χ4v) is 2.51. The molecule has 0 bridgehead atoms. The van der Waals surface area contributed by atoms with Gasteiger partial charge >= 0.3 is 6.03 Å². The van der Waals surface area contributed by atoms with Crippen LogP contribution >= 0.6 is 0 Å². The second kappa shape index (κ2) is 5.61. The minimum atomic E-state index is 0.0283. The van der Waals surface area contributed by atoms with Crippen molar-refractivity contribution in [1.29, 1.82) is 0 Å². The molecule has 19 heavy (non-hydrogen) atoms. The Hall–Kier alpha value is -1.55. The van der Waals surface area contributed by atoms with Crippen molar-refractivity contribution in [2.45, 2.75) is 25.3 Å². The Morgan fingerprint density at radius 2 is 2.05 bits per heavy atom. The van der Waals surface area contributed by atoms with Gasteiger partial charge in [0.25, 0.3) is 0 Å². The third-order valence-corrected chi connectivity index (χ3v) is 3.75. The minimum absolute atomic E-state index is 0.0283. The molecule has 0 aromatic heterocycles. The highest BCUT2D eigenvalue weighted by atomic mass is 16.5. The van der Waals surface area contributed by atoms with Crippen LogP contribution in [0.1, 0.15) is 19.3 Å². The van der Waals surface area contributed by atoms with Crippen molar-refractivity contribution in [3.8, 4) is 0 Å². The summed E-state index contributed by atoms with van der Waals surface area (Å²) in [5.41, 5.74) is 0.862. The maximum absolute atomic E-state index is 12.4. The number of para-hydroxylation sites is 1. The van der Waals surface area contributed by atoms with E-state index in [-0.39, 0.29) is 6.03 Å². The first-order valence-electron chi connectivity index (χ1n) is 7.03. The highest BCUT2D eigenvalue weighted by Crippen LogP contribution is 2.29. The molecule has 1 N–H and O–H groups in total. The molecule has 1 atom stereocenters. The predicted octanol–water partition coefficient (Wildman–Crippen LogP) is 2.72. The molecule has 0 spiro atoms. The van der Waals surface area contributed by atoms with Crippen LogP contribution in [0.4, 0.5) is 10.5 Å². The van der Waals surface area contributed by atoms with Crippen LogP contribution < -0.4 is 5.32 Å².